The van der Waals surface area contributed by atoms with Crippen LogP contribution in [0.3, 0.4) is 0 Å². The van der Waals surface area contributed by atoms with Crippen molar-refractivity contribution in [1.29, 1.82) is 0 Å². The molecular weight excluding hydrogens is 284 g/mol. The Balaban J connectivity index is 2.05. The summed E-state index contributed by atoms with van der Waals surface area (Å²) in [5.74, 6) is 0. The van der Waals surface area contributed by atoms with Crippen LogP contribution >= 0.6 is 0 Å². The molecule has 0 aromatic heterocycles. The summed E-state index contributed by atoms with van der Waals surface area (Å²) < 4.78 is 23.6. The van der Waals surface area contributed by atoms with Crippen molar-refractivity contribution < 1.29 is 8.42 Å². The predicted molar refractivity (Wildman–Crippen MR) is 83.8 cm³/mol. The van der Waals surface area contributed by atoms with Gasteiger partial charge in [-0.2, -0.15) is 0 Å². The molecule has 0 bridgehead atoms. The maximum Gasteiger partial charge on any atom is 0.217 e. The summed E-state index contributed by atoms with van der Waals surface area (Å²) in [7, 11) is -3.35. The van der Waals surface area contributed by atoms with Crippen molar-refractivity contribution in [2.75, 3.05) is 6.26 Å². The Labute approximate surface area is 124 Å². The normalized spacial score (nSPS) is 21.7. The van der Waals surface area contributed by atoms with Gasteiger partial charge in [-0.05, 0) is 11.1 Å². The van der Waals surface area contributed by atoms with Gasteiger partial charge in [0.25, 0.3) is 0 Å². The van der Waals surface area contributed by atoms with E-state index in [0.29, 0.717) is 0 Å². The first-order chi connectivity index (χ1) is 10.1. The minimum Gasteiger partial charge on any atom is -0.351 e. The van der Waals surface area contributed by atoms with Gasteiger partial charge in [-0.15, -0.1) is 0 Å². The number of rotatable bonds is 2. The van der Waals surface area contributed by atoms with E-state index in [9.17, 15) is 8.42 Å². The van der Waals surface area contributed by atoms with Gasteiger partial charge in [0.15, 0.2) is 0 Å². The lowest BCUT2D eigenvalue weighted by atomic mass is 9.95. The van der Waals surface area contributed by atoms with Crippen LogP contribution in [0.25, 0.3) is 0 Å². The van der Waals surface area contributed by atoms with Crippen LogP contribution in [0.15, 0.2) is 65.7 Å². The second-order valence-corrected chi connectivity index (χ2v) is 7.03. The number of aliphatic imine (C=N–C) groups is 1. The van der Waals surface area contributed by atoms with Gasteiger partial charge < -0.3 is 5.32 Å². The van der Waals surface area contributed by atoms with E-state index in [1.54, 1.807) is 0 Å². The Hall–Kier alpha value is -2.14. The number of nitrogens with one attached hydrogen (secondary N) is 1. The highest BCUT2D eigenvalue weighted by Crippen LogP contribution is 2.36. The van der Waals surface area contributed by atoms with Crippen LogP contribution in [0, 0.1) is 0 Å². The van der Waals surface area contributed by atoms with Crippen LogP contribution in [0.5, 0.6) is 0 Å². The molecule has 0 radical (unpaired) electrons. The maximum atomic E-state index is 11.8. The lowest BCUT2D eigenvalue weighted by Crippen LogP contribution is -2.29. The van der Waals surface area contributed by atoms with Crippen LogP contribution in [0.2, 0.25) is 0 Å². The molecule has 21 heavy (non-hydrogen) atoms. The minimum atomic E-state index is -3.35. The summed E-state index contributed by atoms with van der Waals surface area (Å²) in [5, 5.41) is 3.12. The van der Waals surface area contributed by atoms with Gasteiger partial charge in [0.1, 0.15) is 6.04 Å². The molecule has 108 valence electrons. The molecule has 2 aromatic rings. The molecule has 2 aromatic carbocycles. The second-order valence-electron chi connectivity index (χ2n) is 5.09. The lowest BCUT2D eigenvalue weighted by Gasteiger charge is -2.19. The first-order valence-corrected chi connectivity index (χ1v) is 8.59. The molecule has 2 atom stereocenters. The van der Waals surface area contributed by atoms with Gasteiger partial charge in [-0.25, -0.2) is 13.4 Å². The molecule has 2 unspecified atom stereocenters. The van der Waals surface area contributed by atoms with E-state index < -0.39 is 9.84 Å². The van der Waals surface area contributed by atoms with Gasteiger partial charge >= 0.3 is 0 Å². The largest absolute Gasteiger partial charge is 0.351 e. The van der Waals surface area contributed by atoms with Gasteiger partial charge in [0.05, 0.1) is 6.04 Å². The second kappa shape index (κ2) is 5.33. The third kappa shape index (κ3) is 2.83. The average Bonchev–Trinajstić information content (AvgIpc) is 2.94. The van der Waals surface area contributed by atoms with Crippen molar-refractivity contribution in [3.8, 4) is 0 Å². The van der Waals surface area contributed by atoms with Crippen LogP contribution in [0.1, 0.15) is 23.2 Å². The fraction of sp³-hybridized carbons (Fsp3) is 0.188. The van der Waals surface area contributed by atoms with Crippen molar-refractivity contribution in [1.82, 2.24) is 5.32 Å². The van der Waals surface area contributed by atoms with E-state index in [4.69, 9.17) is 0 Å². The summed E-state index contributed by atoms with van der Waals surface area (Å²) in [4.78, 5) is 4.40. The fourth-order valence-electron chi connectivity index (χ4n) is 2.50. The first-order valence-electron chi connectivity index (χ1n) is 6.70. The predicted octanol–water partition coefficient (Wildman–Crippen LogP) is 2.47. The topological polar surface area (TPSA) is 58.5 Å². The van der Waals surface area contributed by atoms with E-state index in [-0.39, 0.29) is 17.3 Å². The van der Waals surface area contributed by atoms with Gasteiger partial charge in [-0.3, -0.25) is 0 Å². The number of hydrogen-bond donors (Lipinski definition) is 1. The molecule has 0 fully saturated rings. The standard InChI is InChI=1S/C16H16N2O2S/c1-21(19,20)16-17-14(12-8-4-2-5-9-12)15(18-16)13-10-6-3-7-11-13/h2-11,14-15H,1H3,(H,17,18). The van der Waals surface area contributed by atoms with Gasteiger partial charge in [-0.1, -0.05) is 60.7 Å². The molecule has 5 heteroatoms. The molecule has 0 saturated heterocycles. The minimum absolute atomic E-state index is 0.0604. The monoisotopic (exact) mass is 300 g/mol. The van der Waals surface area contributed by atoms with E-state index in [1.807, 2.05) is 60.7 Å². The van der Waals surface area contributed by atoms with E-state index >= 15 is 0 Å². The zero-order chi connectivity index (χ0) is 14.9. The molecule has 1 aliphatic heterocycles. The quantitative estimate of drug-likeness (QED) is 0.927. The molecular formula is C16H16N2O2S. The van der Waals surface area contributed by atoms with Crippen molar-refractivity contribution in [3.05, 3.63) is 71.8 Å². The van der Waals surface area contributed by atoms with Crippen LogP contribution in [-0.4, -0.2) is 19.8 Å². The number of benzene rings is 2. The number of amidine groups is 1. The number of hydrogen-bond acceptors (Lipinski definition) is 4. The molecule has 4 nitrogen and oxygen atoms in total. The van der Waals surface area contributed by atoms with E-state index in [0.717, 1.165) is 11.1 Å². The Morgan fingerprint density at radius 2 is 1.43 bits per heavy atom. The molecule has 0 amide bonds. The molecule has 1 aliphatic rings. The summed E-state index contributed by atoms with van der Waals surface area (Å²) >= 11 is 0. The number of sulfone groups is 1. The summed E-state index contributed by atoms with van der Waals surface area (Å²) in [6.45, 7) is 0. The summed E-state index contributed by atoms with van der Waals surface area (Å²) in [5.41, 5.74) is 2.02. The van der Waals surface area contributed by atoms with Crippen molar-refractivity contribution in [2.24, 2.45) is 4.99 Å². The molecule has 3 rings (SSSR count). The summed E-state index contributed by atoms with van der Waals surface area (Å²) in [6, 6.07) is 19.1. The van der Waals surface area contributed by atoms with Crippen molar-refractivity contribution >= 4 is 15.0 Å². The van der Waals surface area contributed by atoms with Gasteiger partial charge in [0.2, 0.25) is 15.0 Å². The Morgan fingerprint density at radius 1 is 0.905 bits per heavy atom. The zero-order valence-corrected chi connectivity index (χ0v) is 12.4. The summed E-state index contributed by atoms with van der Waals surface area (Å²) in [6.07, 6.45) is 1.17. The molecule has 1 N–H and O–H groups in total. The van der Waals surface area contributed by atoms with E-state index in [2.05, 4.69) is 10.3 Å². The lowest BCUT2D eigenvalue weighted by molar-refractivity contribution is 0.572. The highest BCUT2D eigenvalue weighted by atomic mass is 32.2. The molecule has 0 saturated carbocycles. The Kier molecular flexibility index (Phi) is 3.51. The highest BCUT2D eigenvalue weighted by Gasteiger charge is 2.34. The van der Waals surface area contributed by atoms with Crippen molar-refractivity contribution in [2.45, 2.75) is 12.1 Å². The van der Waals surface area contributed by atoms with Crippen LogP contribution < -0.4 is 5.32 Å². The third-order valence-corrected chi connectivity index (χ3v) is 4.43. The smallest absolute Gasteiger partial charge is 0.217 e. The zero-order valence-electron chi connectivity index (χ0n) is 11.6. The highest BCUT2D eigenvalue weighted by molar-refractivity contribution is 8.05. The molecule has 0 spiro atoms. The first kappa shape index (κ1) is 13.8. The van der Waals surface area contributed by atoms with Crippen LogP contribution in [-0.2, 0) is 9.84 Å². The Morgan fingerprint density at radius 3 is 1.95 bits per heavy atom. The average molecular weight is 300 g/mol. The van der Waals surface area contributed by atoms with Crippen molar-refractivity contribution in [3.63, 3.8) is 0 Å². The molecule has 0 aliphatic carbocycles. The van der Waals surface area contributed by atoms with Gasteiger partial charge in [0, 0.05) is 6.26 Å². The number of nitrogens with zero attached hydrogens (tertiary/aromatic N) is 1. The molecule has 1 heterocycles. The van der Waals surface area contributed by atoms with E-state index in [1.165, 1.54) is 6.26 Å². The fourth-order valence-corrected chi connectivity index (χ4v) is 3.14. The maximum absolute atomic E-state index is 11.8. The Bertz CT molecular complexity index is 755. The SMILES string of the molecule is CS(=O)(=O)C1=NC(c2ccccc2)C(c2ccccc2)N1. The van der Waals surface area contributed by atoms with Crippen LogP contribution in [0.4, 0.5) is 0 Å². The third-order valence-electron chi connectivity index (χ3n) is 3.50.